The van der Waals surface area contributed by atoms with E-state index in [0.29, 0.717) is 18.3 Å². The lowest BCUT2D eigenvalue weighted by molar-refractivity contribution is -0.117. The van der Waals surface area contributed by atoms with Gasteiger partial charge in [-0.1, -0.05) is 50.4 Å². The van der Waals surface area contributed by atoms with Crippen LogP contribution in [-0.2, 0) is 9.53 Å². The van der Waals surface area contributed by atoms with Crippen LogP contribution >= 0.6 is 0 Å². The van der Waals surface area contributed by atoms with Gasteiger partial charge in [0.05, 0.1) is 6.42 Å². The first kappa shape index (κ1) is 15.8. The smallest absolute Gasteiger partial charge is 0.163 e. The summed E-state index contributed by atoms with van der Waals surface area (Å²) in [6.45, 7) is 0. The van der Waals surface area contributed by atoms with Crippen LogP contribution in [0.5, 0.6) is 0 Å². The molecular weight excluding hydrogens is 272 g/mol. The van der Waals surface area contributed by atoms with Crippen LogP contribution in [0.25, 0.3) is 0 Å². The predicted molar refractivity (Wildman–Crippen MR) is 88.4 cm³/mol. The van der Waals surface area contributed by atoms with Crippen molar-refractivity contribution in [1.82, 2.24) is 0 Å². The van der Waals surface area contributed by atoms with Crippen molar-refractivity contribution in [1.29, 1.82) is 0 Å². The van der Waals surface area contributed by atoms with E-state index in [-0.39, 0.29) is 5.78 Å². The van der Waals surface area contributed by atoms with Crippen molar-refractivity contribution in [2.24, 2.45) is 11.8 Å². The minimum atomic E-state index is -0.638. The number of methoxy groups -OCH3 is 1. The highest BCUT2D eigenvalue weighted by Gasteiger charge is 2.40. The third-order valence-corrected chi connectivity index (χ3v) is 5.64. The summed E-state index contributed by atoms with van der Waals surface area (Å²) < 4.78 is 5.71. The van der Waals surface area contributed by atoms with Crippen molar-refractivity contribution in [2.45, 2.75) is 76.2 Å². The summed E-state index contributed by atoms with van der Waals surface area (Å²) in [6.07, 6.45) is 15.0. The molecule has 2 heteroatoms. The molecule has 2 fully saturated rings. The van der Waals surface area contributed by atoms with E-state index < -0.39 is 5.60 Å². The first-order valence-electron chi connectivity index (χ1n) is 9.06. The van der Waals surface area contributed by atoms with Crippen LogP contribution in [0.4, 0.5) is 0 Å². The standard InChI is InChI=1S/C20H28O2/c1-22-20(13-12-16-8-4-2-5-9-16)14-18(19(21)15-20)17-10-6-3-7-11-17/h14,16-17H,2-11,15H2,1H3/t20-/m1/s1. The monoisotopic (exact) mass is 300 g/mol. The van der Waals surface area contributed by atoms with E-state index in [1.165, 1.54) is 51.4 Å². The number of Topliss-reactive ketones (excluding diaryl/α,β-unsaturated/α-hetero) is 1. The summed E-state index contributed by atoms with van der Waals surface area (Å²) in [5.74, 6) is 8.00. The Morgan fingerprint density at radius 1 is 1.05 bits per heavy atom. The number of hydrogen-bond acceptors (Lipinski definition) is 2. The van der Waals surface area contributed by atoms with Gasteiger partial charge in [-0.25, -0.2) is 0 Å². The zero-order valence-corrected chi connectivity index (χ0v) is 13.8. The third kappa shape index (κ3) is 3.46. The quantitative estimate of drug-likeness (QED) is 0.705. The molecule has 120 valence electrons. The third-order valence-electron chi connectivity index (χ3n) is 5.64. The van der Waals surface area contributed by atoms with Crippen LogP contribution in [0.1, 0.15) is 70.6 Å². The van der Waals surface area contributed by atoms with Crippen LogP contribution in [0.15, 0.2) is 11.6 Å². The number of ether oxygens (including phenoxy) is 1. The van der Waals surface area contributed by atoms with Crippen molar-refractivity contribution in [2.75, 3.05) is 7.11 Å². The van der Waals surface area contributed by atoms with E-state index in [2.05, 4.69) is 17.9 Å². The molecule has 0 N–H and O–H groups in total. The van der Waals surface area contributed by atoms with Gasteiger partial charge in [-0.15, -0.1) is 0 Å². The minimum absolute atomic E-state index is 0.270. The van der Waals surface area contributed by atoms with Gasteiger partial charge in [0, 0.05) is 13.0 Å². The molecule has 0 aromatic heterocycles. The molecule has 0 unspecified atom stereocenters. The van der Waals surface area contributed by atoms with Gasteiger partial charge in [-0.05, 0) is 43.3 Å². The lowest BCUT2D eigenvalue weighted by atomic mass is 9.83. The van der Waals surface area contributed by atoms with Crippen molar-refractivity contribution >= 4 is 5.78 Å². The number of rotatable bonds is 2. The Hall–Kier alpha value is -1.07. The van der Waals surface area contributed by atoms with Gasteiger partial charge in [-0.2, -0.15) is 0 Å². The first-order valence-corrected chi connectivity index (χ1v) is 9.06. The molecule has 2 nitrogen and oxygen atoms in total. The first-order chi connectivity index (χ1) is 10.7. The van der Waals surface area contributed by atoms with Crippen LogP contribution in [0, 0.1) is 23.7 Å². The van der Waals surface area contributed by atoms with Crippen molar-refractivity contribution in [3.63, 3.8) is 0 Å². The molecule has 2 saturated carbocycles. The molecular formula is C20H28O2. The molecule has 0 spiro atoms. The van der Waals surface area contributed by atoms with Crippen molar-refractivity contribution in [3.05, 3.63) is 11.6 Å². The molecule has 0 amide bonds. The fourth-order valence-corrected chi connectivity index (χ4v) is 4.22. The average Bonchev–Trinajstić information content (AvgIpc) is 2.92. The molecule has 0 aromatic rings. The molecule has 0 radical (unpaired) electrons. The maximum Gasteiger partial charge on any atom is 0.163 e. The second-order valence-electron chi connectivity index (χ2n) is 7.23. The Bertz CT molecular complexity index is 496. The molecule has 0 aromatic carbocycles. The van der Waals surface area contributed by atoms with E-state index in [9.17, 15) is 4.79 Å². The summed E-state index contributed by atoms with van der Waals surface area (Å²) in [4.78, 5) is 12.5. The Labute approximate surface area is 134 Å². The molecule has 3 rings (SSSR count). The predicted octanol–water partition coefficient (Wildman–Crippen LogP) is 4.43. The lowest BCUT2D eigenvalue weighted by Gasteiger charge is -2.22. The summed E-state index contributed by atoms with van der Waals surface area (Å²) in [6, 6.07) is 0. The zero-order valence-electron chi connectivity index (χ0n) is 13.8. The number of carbonyl (C=O) groups excluding carboxylic acids is 1. The molecule has 0 bridgehead atoms. The highest BCUT2D eigenvalue weighted by atomic mass is 16.5. The minimum Gasteiger partial charge on any atom is -0.361 e. The van der Waals surface area contributed by atoms with Gasteiger partial charge < -0.3 is 4.74 Å². The molecule has 0 saturated heterocycles. The van der Waals surface area contributed by atoms with Gasteiger partial charge in [0.2, 0.25) is 0 Å². The van der Waals surface area contributed by atoms with Gasteiger partial charge in [0.25, 0.3) is 0 Å². The average molecular weight is 300 g/mol. The van der Waals surface area contributed by atoms with Crippen LogP contribution in [-0.4, -0.2) is 18.5 Å². The molecule has 0 aliphatic heterocycles. The Morgan fingerprint density at radius 3 is 2.32 bits per heavy atom. The second kappa shape index (κ2) is 7.01. The highest BCUT2D eigenvalue weighted by molar-refractivity contribution is 6.00. The number of carbonyl (C=O) groups is 1. The van der Waals surface area contributed by atoms with Gasteiger partial charge in [0.1, 0.15) is 0 Å². The lowest BCUT2D eigenvalue weighted by Crippen LogP contribution is -2.25. The maximum atomic E-state index is 12.5. The van der Waals surface area contributed by atoms with Gasteiger partial charge in [0.15, 0.2) is 11.4 Å². The Kier molecular flexibility index (Phi) is 5.03. The summed E-state index contributed by atoms with van der Waals surface area (Å²) in [7, 11) is 1.70. The maximum absolute atomic E-state index is 12.5. The molecule has 1 atom stereocenters. The summed E-state index contributed by atoms with van der Waals surface area (Å²) in [5, 5.41) is 0. The highest BCUT2D eigenvalue weighted by Crippen LogP contribution is 2.38. The molecule has 3 aliphatic carbocycles. The molecule has 22 heavy (non-hydrogen) atoms. The van der Waals surface area contributed by atoms with Crippen LogP contribution in [0.3, 0.4) is 0 Å². The zero-order chi connectivity index (χ0) is 15.4. The van der Waals surface area contributed by atoms with Crippen molar-refractivity contribution < 1.29 is 9.53 Å². The Balaban J connectivity index is 1.76. The molecule has 3 aliphatic rings. The van der Waals surface area contributed by atoms with Gasteiger partial charge in [-0.3, -0.25) is 4.79 Å². The largest absolute Gasteiger partial charge is 0.361 e. The van der Waals surface area contributed by atoms with E-state index in [4.69, 9.17) is 4.74 Å². The fraction of sp³-hybridized carbons (Fsp3) is 0.750. The van der Waals surface area contributed by atoms with E-state index in [0.717, 1.165) is 18.4 Å². The fourth-order valence-electron chi connectivity index (χ4n) is 4.22. The van der Waals surface area contributed by atoms with Crippen LogP contribution < -0.4 is 0 Å². The van der Waals surface area contributed by atoms with E-state index in [1.807, 2.05) is 0 Å². The number of hydrogen-bond donors (Lipinski definition) is 0. The summed E-state index contributed by atoms with van der Waals surface area (Å²) >= 11 is 0. The normalized spacial score (nSPS) is 30.8. The summed E-state index contributed by atoms with van der Waals surface area (Å²) in [5.41, 5.74) is 0.376. The van der Waals surface area contributed by atoms with Crippen molar-refractivity contribution in [3.8, 4) is 11.8 Å². The van der Waals surface area contributed by atoms with Gasteiger partial charge >= 0.3 is 0 Å². The molecule has 0 heterocycles. The number of allylic oxidation sites excluding steroid dienone is 1. The SMILES string of the molecule is CO[C@]1(C#CC2CCCCC2)C=C(C2CCCCC2)C(=O)C1. The topological polar surface area (TPSA) is 26.3 Å². The number of ketones is 1. The van der Waals surface area contributed by atoms with E-state index >= 15 is 0 Å². The Morgan fingerprint density at radius 2 is 1.68 bits per heavy atom. The van der Waals surface area contributed by atoms with E-state index in [1.54, 1.807) is 7.11 Å². The van der Waals surface area contributed by atoms with Crippen LogP contribution in [0.2, 0.25) is 0 Å². The second-order valence-corrected chi connectivity index (χ2v) is 7.23.